The molecule has 0 aliphatic rings. The lowest BCUT2D eigenvalue weighted by molar-refractivity contribution is 0.161. The van der Waals surface area contributed by atoms with E-state index in [1.807, 2.05) is 22.6 Å². The van der Waals surface area contributed by atoms with Crippen molar-refractivity contribution >= 4 is 22.6 Å². The van der Waals surface area contributed by atoms with Crippen LogP contribution in [0, 0.1) is 3.77 Å². The SMILES string of the molecule is COCc1oc(=O)oc1I. The zero-order valence-corrected chi connectivity index (χ0v) is 7.38. The highest BCUT2D eigenvalue weighted by atomic mass is 127. The van der Waals surface area contributed by atoms with E-state index in [2.05, 4.69) is 8.83 Å². The van der Waals surface area contributed by atoms with Crippen LogP contribution in [-0.4, -0.2) is 7.11 Å². The summed E-state index contributed by atoms with van der Waals surface area (Å²) in [5, 5.41) is 0. The second-order valence-electron chi connectivity index (χ2n) is 1.58. The fraction of sp³-hybridized carbons (Fsp3) is 0.400. The largest absolute Gasteiger partial charge is 0.519 e. The second-order valence-corrected chi connectivity index (χ2v) is 2.56. The van der Waals surface area contributed by atoms with E-state index in [1.165, 1.54) is 7.11 Å². The summed E-state index contributed by atoms with van der Waals surface area (Å²) in [4.78, 5) is 10.4. The molecule has 0 N–H and O–H groups in total. The number of rotatable bonds is 2. The Morgan fingerprint density at radius 3 is 2.70 bits per heavy atom. The van der Waals surface area contributed by atoms with Crippen LogP contribution >= 0.6 is 22.6 Å². The molecule has 0 aliphatic heterocycles. The molecule has 1 heterocycles. The van der Waals surface area contributed by atoms with Gasteiger partial charge in [-0.05, 0) is 0 Å². The van der Waals surface area contributed by atoms with E-state index in [9.17, 15) is 4.79 Å². The molecule has 1 aromatic heterocycles. The Kier molecular flexibility index (Phi) is 2.50. The maximum atomic E-state index is 10.4. The smallest absolute Gasteiger partial charge is 0.392 e. The van der Waals surface area contributed by atoms with Crippen LogP contribution in [0.1, 0.15) is 5.76 Å². The predicted octanol–water partition coefficient (Wildman–Crippen LogP) is 0.984. The first-order chi connectivity index (χ1) is 4.74. The van der Waals surface area contributed by atoms with Crippen molar-refractivity contribution in [2.45, 2.75) is 6.61 Å². The molecule has 0 radical (unpaired) electrons. The van der Waals surface area contributed by atoms with Crippen LogP contribution < -0.4 is 5.82 Å². The van der Waals surface area contributed by atoms with Crippen molar-refractivity contribution in [2.24, 2.45) is 0 Å². The van der Waals surface area contributed by atoms with E-state index < -0.39 is 5.82 Å². The number of methoxy groups -OCH3 is 1. The van der Waals surface area contributed by atoms with Gasteiger partial charge >= 0.3 is 5.82 Å². The molecular formula is C5H5IO4. The summed E-state index contributed by atoms with van der Waals surface area (Å²) in [5.74, 6) is -0.246. The first-order valence-electron chi connectivity index (χ1n) is 2.51. The maximum absolute atomic E-state index is 10.4. The van der Waals surface area contributed by atoms with Crippen molar-refractivity contribution in [1.29, 1.82) is 0 Å². The van der Waals surface area contributed by atoms with Gasteiger partial charge in [-0.1, -0.05) is 0 Å². The van der Waals surface area contributed by atoms with Crippen molar-refractivity contribution in [2.75, 3.05) is 7.11 Å². The summed E-state index contributed by atoms with van der Waals surface area (Å²) < 4.78 is 14.3. The van der Waals surface area contributed by atoms with Gasteiger partial charge in [-0.2, -0.15) is 0 Å². The van der Waals surface area contributed by atoms with E-state index in [0.29, 0.717) is 9.53 Å². The van der Waals surface area contributed by atoms with Gasteiger partial charge in [0.05, 0.1) is 0 Å². The zero-order valence-electron chi connectivity index (χ0n) is 5.22. The highest BCUT2D eigenvalue weighted by molar-refractivity contribution is 14.1. The minimum absolute atomic E-state index is 0.268. The summed E-state index contributed by atoms with van der Waals surface area (Å²) >= 11 is 1.86. The molecule has 0 bridgehead atoms. The Morgan fingerprint density at radius 1 is 1.60 bits per heavy atom. The van der Waals surface area contributed by atoms with Gasteiger partial charge in [0.2, 0.25) is 3.77 Å². The van der Waals surface area contributed by atoms with E-state index >= 15 is 0 Å². The van der Waals surface area contributed by atoms with Crippen molar-refractivity contribution in [1.82, 2.24) is 0 Å². The Hall–Kier alpha value is -0.300. The average Bonchev–Trinajstić information content (AvgIpc) is 2.13. The molecule has 0 saturated heterocycles. The van der Waals surface area contributed by atoms with Gasteiger partial charge in [-0.25, -0.2) is 4.79 Å². The normalized spacial score (nSPS) is 10.2. The van der Waals surface area contributed by atoms with Crippen molar-refractivity contribution in [3.63, 3.8) is 0 Å². The Bertz CT molecular complexity index is 261. The molecule has 0 aromatic carbocycles. The van der Waals surface area contributed by atoms with E-state index in [0.717, 1.165) is 0 Å². The molecule has 0 aliphatic carbocycles. The summed E-state index contributed by atoms with van der Waals surface area (Å²) in [7, 11) is 1.52. The minimum Gasteiger partial charge on any atom is -0.392 e. The average molecular weight is 256 g/mol. The van der Waals surface area contributed by atoms with Gasteiger partial charge in [0, 0.05) is 29.7 Å². The molecule has 0 fully saturated rings. The monoisotopic (exact) mass is 256 g/mol. The molecule has 1 rings (SSSR count). The van der Waals surface area contributed by atoms with Gasteiger partial charge in [0.1, 0.15) is 6.61 Å². The lowest BCUT2D eigenvalue weighted by atomic mass is 10.6. The third-order valence-electron chi connectivity index (χ3n) is 0.874. The summed E-state index contributed by atoms with van der Waals surface area (Å²) in [6.45, 7) is 0.268. The fourth-order valence-corrected chi connectivity index (χ4v) is 0.955. The first kappa shape index (κ1) is 7.80. The molecule has 0 unspecified atom stereocenters. The minimum atomic E-state index is -0.684. The number of halogens is 1. The number of ether oxygens (including phenoxy) is 1. The molecule has 4 nitrogen and oxygen atoms in total. The fourth-order valence-electron chi connectivity index (χ4n) is 0.509. The van der Waals surface area contributed by atoms with Crippen LogP contribution in [0.4, 0.5) is 0 Å². The molecule has 0 saturated carbocycles. The summed E-state index contributed by atoms with van der Waals surface area (Å²) in [5.41, 5.74) is 0. The summed E-state index contributed by atoms with van der Waals surface area (Å²) in [6, 6.07) is 0. The predicted molar refractivity (Wildman–Crippen MR) is 40.7 cm³/mol. The highest BCUT2D eigenvalue weighted by Crippen LogP contribution is 2.09. The molecular weight excluding hydrogens is 251 g/mol. The van der Waals surface area contributed by atoms with Gasteiger partial charge in [0.15, 0.2) is 5.76 Å². The molecule has 0 amide bonds. The summed E-state index contributed by atoms with van der Waals surface area (Å²) in [6.07, 6.45) is 0. The quantitative estimate of drug-likeness (QED) is 0.740. The molecule has 0 spiro atoms. The Balaban J connectivity index is 2.92. The van der Waals surface area contributed by atoms with Gasteiger partial charge in [0.25, 0.3) is 0 Å². The van der Waals surface area contributed by atoms with Crippen LogP contribution in [0.3, 0.4) is 0 Å². The van der Waals surface area contributed by atoms with Crippen LogP contribution in [0.2, 0.25) is 0 Å². The van der Waals surface area contributed by atoms with Crippen molar-refractivity contribution in [3.05, 3.63) is 20.1 Å². The zero-order chi connectivity index (χ0) is 7.56. The van der Waals surface area contributed by atoms with E-state index in [4.69, 9.17) is 4.74 Å². The standard InChI is InChI=1S/C5H5IO4/c1-8-2-3-4(6)10-5(7)9-3/h2H2,1H3. The third-order valence-corrected chi connectivity index (χ3v) is 1.70. The molecule has 56 valence electrons. The van der Waals surface area contributed by atoms with Gasteiger partial charge in [-0.15, -0.1) is 0 Å². The molecule has 0 atom stereocenters. The van der Waals surface area contributed by atoms with Crippen LogP contribution in [0.5, 0.6) is 0 Å². The van der Waals surface area contributed by atoms with Crippen LogP contribution in [-0.2, 0) is 11.3 Å². The maximum Gasteiger partial charge on any atom is 0.519 e. The molecule has 1 aromatic rings. The van der Waals surface area contributed by atoms with E-state index in [1.54, 1.807) is 0 Å². The van der Waals surface area contributed by atoms with Gasteiger partial charge < -0.3 is 13.6 Å². The first-order valence-corrected chi connectivity index (χ1v) is 3.59. The van der Waals surface area contributed by atoms with Crippen molar-refractivity contribution in [3.8, 4) is 0 Å². The van der Waals surface area contributed by atoms with Crippen LogP contribution in [0.25, 0.3) is 0 Å². The molecule has 10 heavy (non-hydrogen) atoms. The second kappa shape index (κ2) is 3.20. The lowest BCUT2D eigenvalue weighted by Gasteiger charge is -1.88. The van der Waals surface area contributed by atoms with E-state index in [-0.39, 0.29) is 6.61 Å². The highest BCUT2D eigenvalue weighted by Gasteiger charge is 2.07. The third kappa shape index (κ3) is 1.60. The Labute approximate surface area is 70.3 Å². The van der Waals surface area contributed by atoms with Gasteiger partial charge in [-0.3, -0.25) is 0 Å². The number of hydrogen-bond acceptors (Lipinski definition) is 4. The topological polar surface area (TPSA) is 52.6 Å². The molecule has 5 heteroatoms. The number of hydrogen-bond donors (Lipinski definition) is 0. The van der Waals surface area contributed by atoms with Crippen molar-refractivity contribution < 1.29 is 13.6 Å². The lowest BCUT2D eigenvalue weighted by Crippen LogP contribution is -1.88. The van der Waals surface area contributed by atoms with Crippen LogP contribution in [0.15, 0.2) is 13.6 Å². The Morgan fingerprint density at radius 2 is 2.30 bits per heavy atom.